The van der Waals surface area contributed by atoms with Crippen molar-refractivity contribution < 1.29 is 18.0 Å². The van der Waals surface area contributed by atoms with Crippen molar-refractivity contribution in [1.82, 2.24) is 14.5 Å². The van der Waals surface area contributed by atoms with E-state index in [4.69, 9.17) is 0 Å². The summed E-state index contributed by atoms with van der Waals surface area (Å²) < 4.78 is 27.2. The summed E-state index contributed by atoms with van der Waals surface area (Å²) in [6.45, 7) is 3.94. The van der Waals surface area contributed by atoms with E-state index in [1.54, 1.807) is 29.2 Å². The molecular formula is C31H37N3O4S. The van der Waals surface area contributed by atoms with Crippen LogP contribution >= 0.6 is 0 Å². The zero-order valence-corrected chi connectivity index (χ0v) is 23.3. The number of benzene rings is 3. The fourth-order valence-electron chi connectivity index (χ4n) is 4.86. The maximum absolute atomic E-state index is 13.8. The van der Waals surface area contributed by atoms with Crippen LogP contribution in [0.15, 0.2) is 89.8 Å². The van der Waals surface area contributed by atoms with Crippen LogP contribution in [0.4, 0.5) is 0 Å². The van der Waals surface area contributed by atoms with Crippen LogP contribution in [-0.2, 0) is 32.6 Å². The van der Waals surface area contributed by atoms with Crippen LogP contribution in [0.3, 0.4) is 0 Å². The van der Waals surface area contributed by atoms with Crippen molar-refractivity contribution in [3.8, 4) is 0 Å². The summed E-state index contributed by atoms with van der Waals surface area (Å²) in [6.07, 6.45) is 3.20. The summed E-state index contributed by atoms with van der Waals surface area (Å²) in [7, 11) is -3.48. The zero-order chi connectivity index (χ0) is 27.7. The van der Waals surface area contributed by atoms with Gasteiger partial charge in [0.15, 0.2) is 0 Å². The molecule has 7 nitrogen and oxygen atoms in total. The third-order valence-corrected chi connectivity index (χ3v) is 8.91. The number of aryl methyl sites for hydroxylation is 1. The highest BCUT2D eigenvalue weighted by molar-refractivity contribution is 7.89. The van der Waals surface area contributed by atoms with Gasteiger partial charge in [-0.3, -0.25) is 9.59 Å². The fraction of sp³-hybridized carbons (Fsp3) is 0.355. The van der Waals surface area contributed by atoms with Crippen LogP contribution in [0.1, 0.15) is 55.3 Å². The van der Waals surface area contributed by atoms with E-state index in [0.717, 1.165) is 36.0 Å². The first-order valence-corrected chi connectivity index (χ1v) is 15.1. The molecule has 0 radical (unpaired) electrons. The van der Waals surface area contributed by atoms with Crippen molar-refractivity contribution in [2.75, 3.05) is 19.6 Å². The Morgan fingerprint density at radius 1 is 0.872 bits per heavy atom. The lowest BCUT2D eigenvalue weighted by atomic mass is 10.0. The van der Waals surface area contributed by atoms with Gasteiger partial charge in [-0.25, -0.2) is 8.42 Å². The van der Waals surface area contributed by atoms with E-state index in [1.165, 1.54) is 4.31 Å². The molecule has 3 aromatic rings. The number of nitrogens with zero attached hydrogens (tertiary/aromatic N) is 2. The van der Waals surface area contributed by atoms with Gasteiger partial charge >= 0.3 is 0 Å². The van der Waals surface area contributed by atoms with E-state index < -0.39 is 16.1 Å². The lowest BCUT2D eigenvalue weighted by Crippen LogP contribution is -2.43. The highest BCUT2D eigenvalue weighted by atomic mass is 32.2. The largest absolute Gasteiger partial charge is 0.354 e. The minimum Gasteiger partial charge on any atom is -0.354 e. The molecule has 4 rings (SSSR count). The lowest BCUT2D eigenvalue weighted by molar-refractivity contribution is -0.141. The Labute approximate surface area is 231 Å². The second kappa shape index (κ2) is 13.5. The lowest BCUT2D eigenvalue weighted by Gasteiger charge is -2.32. The summed E-state index contributed by atoms with van der Waals surface area (Å²) in [5.74, 6) is -0.350. The Bertz CT molecular complexity index is 1320. The standard InChI is InChI=1S/C31H37N3O4S/c1-2-21-32-31(36)30(27-13-7-4-8-14-27)34(24-26-11-5-3-6-12-26)29(35)20-17-25-15-18-28(19-16-25)39(37,38)33-22-9-10-23-33/h3-8,11-16,18-19,30H,2,9-10,17,20-24H2,1H3,(H,32,36)/t30-/m1/s1. The topological polar surface area (TPSA) is 86.8 Å². The first-order valence-electron chi connectivity index (χ1n) is 13.7. The van der Waals surface area contributed by atoms with Crippen molar-refractivity contribution in [1.29, 1.82) is 0 Å². The molecular weight excluding hydrogens is 510 g/mol. The van der Waals surface area contributed by atoms with Crippen molar-refractivity contribution in [3.63, 3.8) is 0 Å². The van der Waals surface area contributed by atoms with Gasteiger partial charge in [0, 0.05) is 32.6 Å². The van der Waals surface area contributed by atoms with Gasteiger partial charge in [0.2, 0.25) is 21.8 Å². The highest BCUT2D eigenvalue weighted by Crippen LogP contribution is 2.26. The van der Waals surface area contributed by atoms with Gasteiger partial charge < -0.3 is 10.2 Å². The Hall–Kier alpha value is -3.49. The number of hydrogen-bond donors (Lipinski definition) is 1. The first-order chi connectivity index (χ1) is 18.9. The molecule has 0 aliphatic carbocycles. The van der Waals surface area contributed by atoms with Crippen molar-refractivity contribution in [2.24, 2.45) is 0 Å². The third-order valence-electron chi connectivity index (χ3n) is 6.99. The van der Waals surface area contributed by atoms with E-state index >= 15 is 0 Å². The second-order valence-electron chi connectivity index (χ2n) is 9.87. The zero-order valence-electron chi connectivity index (χ0n) is 22.5. The molecule has 0 saturated carbocycles. The highest BCUT2D eigenvalue weighted by Gasteiger charge is 2.31. The van der Waals surface area contributed by atoms with Gasteiger partial charge in [-0.2, -0.15) is 4.31 Å². The Morgan fingerprint density at radius 2 is 1.49 bits per heavy atom. The summed E-state index contributed by atoms with van der Waals surface area (Å²) in [5, 5.41) is 2.98. The van der Waals surface area contributed by atoms with Crippen molar-refractivity contribution in [2.45, 2.75) is 56.5 Å². The van der Waals surface area contributed by atoms with Crippen LogP contribution < -0.4 is 5.32 Å². The summed E-state index contributed by atoms with van der Waals surface area (Å²) in [5.41, 5.74) is 2.56. The average Bonchev–Trinajstić information content (AvgIpc) is 3.52. The van der Waals surface area contributed by atoms with Gasteiger partial charge in [-0.05, 0) is 54.5 Å². The Kier molecular flexibility index (Phi) is 9.90. The van der Waals surface area contributed by atoms with Gasteiger partial charge in [-0.15, -0.1) is 0 Å². The average molecular weight is 548 g/mol. The van der Waals surface area contributed by atoms with Crippen LogP contribution in [-0.4, -0.2) is 49.1 Å². The molecule has 1 saturated heterocycles. The molecule has 0 unspecified atom stereocenters. The number of rotatable bonds is 12. The minimum atomic E-state index is -3.48. The molecule has 0 bridgehead atoms. The number of hydrogen-bond acceptors (Lipinski definition) is 4. The molecule has 0 aromatic heterocycles. The normalized spacial score (nSPS) is 14.6. The smallest absolute Gasteiger partial charge is 0.247 e. The Morgan fingerprint density at radius 3 is 2.10 bits per heavy atom. The number of amides is 2. The Balaban J connectivity index is 1.54. The van der Waals surface area contributed by atoms with Gasteiger partial charge in [-0.1, -0.05) is 79.7 Å². The summed E-state index contributed by atoms with van der Waals surface area (Å²) >= 11 is 0. The molecule has 1 atom stereocenters. The predicted molar refractivity (Wildman–Crippen MR) is 152 cm³/mol. The van der Waals surface area contributed by atoms with Crippen molar-refractivity contribution in [3.05, 3.63) is 102 Å². The molecule has 1 aliphatic rings. The van der Waals surface area contributed by atoms with Crippen LogP contribution in [0.2, 0.25) is 0 Å². The minimum absolute atomic E-state index is 0.145. The van der Waals surface area contributed by atoms with E-state index in [-0.39, 0.29) is 23.1 Å². The quantitative estimate of drug-likeness (QED) is 0.356. The number of carbonyl (C=O) groups excluding carboxylic acids is 2. The molecule has 1 N–H and O–H groups in total. The summed E-state index contributed by atoms with van der Waals surface area (Å²) in [4.78, 5) is 29.1. The monoisotopic (exact) mass is 547 g/mol. The number of nitrogens with one attached hydrogen (secondary N) is 1. The maximum Gasteiger partial charge on any atom is 0.247 e. The molecule has 3 aromatic carbocycles. The molecule has 1 fully saturated rings. The third kappa shape index (κ3) is 7.34. The van der Waals surface area contributed by atoms with Gasteiger partial charge in [0.05, 0.1) is 4.90 Å². The molecule has 0 spiro atoms. The number of sulfonamides is 1. The van der Waals surface area contributed by atoms with Crippen molar-refractivity contribution >= 4 is 21.8 Å². The van der Waals surface area contributed by atoms with E-state index in [1.807, 2.05) is 67.6 Å². The van der Waals surface area contributed by atoms with Gasteiger partial charge in [0.25, 0.3) is 0 Å². The van der Waals surface area contributed by atoms with Crippen LogP contribution in [0.5, 0.6) is 0 Å². The summed E-state index contributed by atoms with van der Waals surface area (Å²) in [6, 6.07) is 25.1. The molecule has 8 heteroatoms. The fourth-order valence-corrected chi connectivity index (χ4v) is 6.37. The molecule has 39 heavy (non-hydrogen) atoms. The van der Waals surface area contributed by atoms with E-state index in [9.17, 15) is 18.0 Å². The van der Waals surface area contributed by atoms with Gasteiger partial charge in [0.1, 0.15) is 6.04 Å². The van der Waals surface area contributed by atoms with E-state index in [2.05, 4.69) is 5.32 Å². The second-order valence-corrected chi connectivity index (χ2v) is 11.8. The molecule has 2 amide bonds. The molecule has 1 aliphatic heterocycles. The molecule has 1 heterocycles. The van der Waals surface area contributed by atoms with Crippen LogP contribution in [0.25, 0.3) is 0 Å². The predicted octanol–water partition coefficient (Wildman–Crippen LogP) is 4.70. The first kappa shape index (κ1) is 28.5. The SMILES string of the molecule is CCCNC(=O)[C@@H](c1ccccc1)N(Cc1ccccc1)C(=O)CCc1ccc(S(=O)(=O)N2CCCC2)cc1. The maximum atomic E-state index is 13.8. The van der Waals surface area contributed by atoms with E-state index in [0.29, 0.717) is 32.6 Å². The number of carbonyl (C=O) groups is 2. The molecule has 206 valence electrons. The van der Waals surface area contributed by atoms with Crippen LogP contribution in [0, 0.1) is 0 Å².